The van der Waals surface area contributed by atoms with Crippen molar-refractivity contribution in [1.29, 1.82) is 0 Å². The highest BCUT2D eigenvalue weighted by molar-refractivity contribution is 5.96. The first-order valence-electron chi connectivity index (χ1n) is 12.1. The van der Waals surface area contributed by atoms with E-state index in [4.69, 9.17) is 18.9 Å². The minimum absolute atomic E-state index is 0.0676. The summed E-state index contributed by atoms with van der Waals surface area (Å²) >= 11 is 0. The summed E-state index contributed by atoms with van der Waals surface area (Å²) < 4.78 is 23.2. The molecular formula is C27H33NO7. The number of esters is 1. The number of nitrogens with zero attached hydrogens (tertiary/aromatic N) is 1. The molecule has 0 bridgehead atoms. The van der Waals surface area contributed by atoms with Crippen molar-refractivity contribution in [3.05, 3.63) is 46.5 Å². The second-order valence-corrected chi connectivity index (χ2v) is 9.69. The minimum Gasteiger partial charge on any atom is -0.495 e. The Balaban J connectivity index is 1.75. The first-order valence-corrected chi connectivity index (χ1v) is 12.1. The summed E-state index contributed by atoms with van der Waals surface area (Å²) in [6.07, 6.45) is 1.12. The summed E-state index contributed by atoms with van der Waals surface area (Å²) in [5.41, 5.74) is 2.00. The van der Waals surface area contributed by atoms with Crippen LogP contribution in [0.15, 0.2) is 24.3 Å². The van der Waals surface area contributed by atoms with E-state index in [-0.39, 0.29) is 41.4 Å². The summed E-state index contributed by atoms with van der Waals surface area (Å²) in [6, 6.07) is 6.98. The molecule has 0 spiro atoms. The molecule has 8 heteroatoms. The summed E-state index contributed by atoms with van der Waals surface area (Å²) in [6.45, 7) is 8.46. The van der Waals surface area contributed by atoms with Crippen molar-refractivity contribution in [2.45, 2.75) is 65.7 Å². The third kappa shape index (κ3) is 5.07. The predicted molar refractivity (Wildman–Crippen MR) is 129 cm³/mol. The standard InChI is InChI=1S/C27H33NO7/c1-15(2)11-20(29)19-8-9-21-23(25(19)32-5)26(30)33-14-18-12-16(3)13-22(24(18)34-21)35-27(31)28-10-6-7-17(28)4/h8-9,12-13,15,17,20,29H,6-7,10-11,14H2,1-5H3/t17?,20-/m0/s1. The van der Waals surface area contributed by atoms with Gasteiger partial charge in [0.25, 0.3) is 0 Å². The van der Waals surface area contributed by atoms with Gasteiger partial charge in [0, 0.05) is 23.7 Å². The molecule has 2 aromatic rings. The lowest BCUT2D eigenvalue weighted by Crippen LogP contribution is -2.36. The van der Waals surface area contributed by atoms with Crippen LogP contribution in [-0.4, -0.2) is 41.8 Å². The number of methoxy groups -OCH3 is 1. The van der Waals surface area contributed by atoms with Gasteiger partial charge in [-0.1, -0.05) is 13.8 Å². The maximum Gasteiger partial charge on any atom is 0.415 e. The zero-order valence-electron chi connectivity index (χ0n) is 20.9. The van der Waals surface area contributed by atoms with Gasteiger partial charge in [0.2, 0.25) is 0 Å². The average molecular weight is 484 g/mol. The highest BCUT2D eigenvalue weighted by Crippen LogP contribution is 2.44. The smallest absolute Gasteiger partial charge is 0.415 e. The van der Waals surface area contributed by atoms with Crippen molar-refractivity contribution in [2.75, 3.05) is 13.7 Å². The van der Waals surface area contributed by atoms with E-state index in [1.807, 2.05) is 33.8 Å². The Kier molecular flexibility index (Phi) is 7.21. The molecule has 1 amide bonds. The Bertz CT molecular complexity index is 1130. The van der Waals surface area contributed by atoms with Crippen molar-refractivity contribution in [2.24, 2.45) is 5.92 Å². The van der Waals surface area contributed by atoms with E-state index in [9.17, 15) is 14.7 Å². The van der Waals surface area contributed by atoms with E-state index in [2.05, 4.69) is 0 Å². The average Bonchev–Trinajstić information content (AvgIpc) is 3.23. The van der Waals surface area contributed by atoms with Crippen LogP contribution < -0.4 is 14.2 Å². The molecule has 0 aromatic heterocycles. The number of rotatable bonds is 5. The number of ether oxygens (including phenoxy) is 4. The zero-order valence-corrected chi connectivity index (χ0v) is 20.9. The number of cyclic esters (lactones) is 1. The predicted octanol–water partition coefficient (Wildman–Crippen LogP) is 5.53. The molecule has 0 aliphatic carbocycles. The highest BCUT2D eigenvalue weighted by Gasteiger charge is 2.32. The number of hydrogen-bond donors (Lipinski definition) is 1. The number of aliphatic hydroxyl groups is 1. The van der Waals surface area contributed by atoms with E-state index >= 15 is 0 Å². The molecule has 4 rings (SSSR count). The Morgan fingerprint density at radius 3 is 2.71 bits per heavy atom. The number of carbonyl (C=O) groups is 2. The van der Waals surface area contributed by atoms with Gasteiger partial charge in [-0.15, -0.1) is 0 Å². The topological polar surface area (TPSA) is 94.5 Å². The molecule has 1 fully saturated rings. The number of carbonyl (C=O) groups excluding carboxylic acids is 2. The fraction of sp³-hybridized carbons (Fsp3) is 0.481. The summed E-state index contributed by atoms with van der Waals surface area (Å²) in [5, 5.41) is 10.7. The van der Waals surface area contributed by atoms with Gasteiger partial charge < -0.3 is 29.0 Å². The van der Waals surface area contributed by atoms with Gasteiger partial charge in [0.1, 0.15) is 23.7 Å². The Labute approximate surface area is 205 Å². The molecule has 2 aromatic carbocycles. The number of amides is 1. The number of fused-ring (bicyclic) bond motifs is 2. The molecule has 35 heavy (non-hydrogen) atoms. The zero-order chi connectivity index (χ0) is 25.3. The second-order valence-electron chi connectivity index (χ2n) is 9.69. The number of hydrogen-bond acceptors (Lipinski definition) is 7. The molecule has 2 heterocycles. The molecule has 2 atom stereocenters. The number of aliphatic hydroxyl groups excluding tert-OH is 1. The van der Waals surface area contributed by atoms with Crippen LogP contribution >= 0.6 is 0 Å². The fourth-order valence-corrected chi connectivity index (χ4v) is 4.71. The third-order valence-electron chi connectivity index (χ3n) is 6.44. The van der Waals surface area contributed by atoms with Crippen LogP contribution in [-0.2, 0) is 11.3 Å². The second kappa shape index (κ2) is 10.2. The van der Waals surface area contributed by atoms with Crippen molar-refractivity contribution >= 4 is 12.1 Å². The summed E-state index contributed by atoms with van der Waals surface area (Å²) in [5.74, 6) is 0.597. The summed E-state index contributed by atoms with van der Waals surface area (Å²) in [4.78, 5) is 27.6. The van der Waals surface area contributed by atoms with Gasteiger partial charge in [-0.25, -0.2) is 9.59 Å². The Hall–Kier alpha value is -3.26. The van der Waals surface area contributed by atoms with Crippen molar-refractivity contribution in [3.8, 4) is 23.0 Å². The van der Waals surface area contributed by atoms with Gasteiger partial charge in [-0.2, -0.15) is 0 Å². The van der Waals surface area contributed by atoms with Crippen LogP contribution in [0.3, 0.4) is 0 Å². The molecule has 1 saturated heterocycles. The molecule has 1 unspecified atom stereocenters. The molecular weight excluding hydrogens is 450 g/mol. The Morgan fingerprint density at radius 2 is 2.06 bits per heavy atom. The van der Waals surface area contributed by atoms with Crippen LogP contribution in [0, 0.1) is 12.8 Å². The fourth-order valence-electron chi connectivity index (χ4n) is 4.71. The lowest BCUT2D eigenvalue weighted by molar-refractivity contribution is 0.0453. The Morgan fingerprint density at radius 1 is 1.29 bits per heavy atom. The minimum atomic E-state index is -0.817. The molecule has 188 valence electrons. The van der Waals surface area contributed by atoms with Gasteiger partial charge in [0.15, 0.2) is 11.5 Å². The first kappa shape index (κ1) is 24.9. The largest absolute Gasteiger partial charge is 0.495 e. The van der Waals surface area contributed by atoms with Crippen LogP contribution in [0.4, 0.5) is 4.79 Å². The monoisotopic (exact) mass is 483 g/mol. The SMILES string of the molecule is COc1c([C@@H](O)CC(C)C)ccc2c1C(=O)OCc1cc(C)cc(OC(=O)N3CCCC3C)c1O2. The third-order valence-corrected chi connectivity index (χ3v) is 6.44. The molecule has 2 aliphatic rings. The van der Waals surface area contributed by atoms with Crippen LogP contribution in [0.2, 0.25) is 0 Å². The summed E-state index contributed by atoms with van der Waals surface area (Å²) in [7, 11) is 1.44. The van der Waals surface area contributed by atoms with Gasteiger partial charge in [0.05, 0.1) is 13.2 Å². The lowest BCUT2D eigenvalue weighted by atomic mass is 9.96. The number of aryl methyl sites for hydroxylation is 1. The number of benzene rings is 2. The van der Waals surface area contributed by atoms with E-state index in [1.54, 1.807) is 23.1 Å². The highest BCUT2D eigenvalue weighted by atomic mass is 16.6. The van der Waals surface area contributed by atoms with Crippen LogP contribution in [0.5, 0.6) is 23.0 Å². The lowest BCUT2D eigenvalue weighted by Gasteiger charge is -2.25. The van der Waals surface area contributed by atoms with E-state index in [1.165, 1.54) is 7.11 Å². The van der Waals surface area contributed by atoms with E-state index in [0.29, 0.717) is 29.8 Å². The first-order chi connectivity index (χ1) is 16.7. The normalized spacial score (nSPS) is 18.1. The van der Waals surface area contributed by atoms with Gasteiger partial charge in [-0.05, 0) is 68.9 Å². The quantitative estimate of drug-likeness (QED) is 0.559. The van der Waals surface area contributed by atoms with Gasteiger partial charge in [-0.3, -0.25) is 0 Å². The molecule has 2 aliphatic heterocycles. The van der Waals surface area contributed by atoms with Crippen molar-refractivity contribution in [1.82, 2.24) is 4.90 Å². The molecule has 8 nitrogen and oxygen atoms in total. The maximum absolute atomic E-state index is 13.0. The van der Waals surface area contributed by atoms with Crippen LogP contribution in [0.25, 0.3) is 0 Å². The van der Waals surface area contributed by atoms with Crippen LogP contribution in [0.1, 0.15) is 73.2 Å². The van der Waals surface area contributed by atoms with Gasteiger partial charge >= 0.3 is 12.1 Å². The van der Waals surface area contributed by atoms with Crippen molar-refractivity contribution in [3.63, 3.8) is 0 Å². The van der Waals surface area contributed by atoms with Crippen molar-refractivity contribution < 1.29 is 33.6 Å². The molecule has 0 radical (unpaired) electrons. The maximum atomic E-state index is 13.0. The molecule has 0 saturated carbocycles. The molecule has 1 N–H and O–H groups in total. The van der Waals surface area contributed by atoms with E-state index < -0.39 is 18.2 Å². The number of likely N-dealkylation sites (tertiary alicyclic amines) is 1. The van der Waals surface area contributed by atoms with E-state index in [0.717, 1.165) is 18.4 Å².